The molecule has 0 radical (unpaired) electrons. The molecular weight excluding hydrogens is 426 g/mol. The first kappa shape index (κ1) is 22.5. The van der Waals surface area contributed by atoms with Crippen molar-refractivity contribution >= 4 is 23.5 Å². The van der Waals surface area contributed by atoms with E-state index in [0.29, 0.717) is 49.5 Å². The Morgan fingerprint density at radius 1 is 1.21 bits per heavy atom. The van der Waals surface area contributed by atoms with Gasteiger partial charge in [0.1, 0.15) is 17.2 Å². The molecule has 1 spiro atoms. The van der Waals surface area contributed by atoms with Crippen molar-refractivity contribution < 1.29 is 24.2 Å². The van der Waals surface area contributed by atoms with E-state index in [0.717, 1.165) is 0 Å². The number of hydrogen-bond acceptors (Lipinski definition) is 6. The minimum atomic E-state index is -0.597. The number of benzene rings is 1. The zero-order valence-electron chi connectivity index (χ0n) is 18.3. The Balaban J connectivity index is 1.36. The van der Waals surface area contributed by atoms with E-state index < -0.39 is 11.5 Å². The Kier molecular flexibility index (Phi) is 6.45. The summed E-state index contributed by atoms with van der Waals surface area (Å²) in [6, 6.07) is 9.85. The Morgan fingerprint density at radius 2 is 1.97 bits per heavy atom. The van der Waals surface area contributed by atoms with E-state index in [4.69, 9.17) is 4.74 Å². The Labute approximate surface area is 191 Å². The van der Waals surface area contributed by atoms with E-state index in [2.05, 4.69) is 20.9 Å². The molecule has 2 aliphatic rings. The van der Waals surface area contributed by atoms with Gasteiger partial charge >= 0.3 is 6.03 Å². The summed E-state index contributed by atoms with van der Waals surface area (Å²) in [7, 11) is 1.53. The van der Waals surface area contributed by atoms with Crippen LogP contribution in [0.15, 0.2) is 42.6 Å². The van der Waals surface area contributed by atoms with Crippen LogP contribution in [-0.2, 0) is 4.79 Å². The molecule has 1 atom stereocenters. The standard InChI is InChI=1S/C23H27N5O5/c1-24-20(30)19-12-18(5-8-25-19)33-17-4-2-3-15(11-17)27-22(32)28-9-6-23(7-10-28)13-16(29)14-26-21(23)31/h2-5,8,11-12,16,29H,6-7,9-10,13-14H2,1H3,(H,24,30)(H,26,31)(H,27,32). The van der Waals surface area contributed by atoms with Crippen LogP contribution in [0.5, 0.6) is 11.5 Å². The lowest BCUT2D eigenvalue weighted by atomic mass is 9.71. The molecule has 2 fully saturated rings. The fourth-order valence-electron chi connectivity index (χ4n) is 4.29. The molecule has 2 aliphatic heterocycles. The number of pyridine rings is 1. The quantitative estimate of drug-likeness (QED) is 0.557. The molecule has 0 aliphatic carbocycles. The van der Waals surface area contributed by atoms with Crippen LogP contribution in [0.1, 0.15) is 29.8 Å². The number of hydrogen-bond donors (Lipinski definition) is 4. The summed E-state index contributed by atoms with van der Waals surface area (Å²) >= 11 is 0. The second-order valence-corrected chi connectivity index (χ2v) is 8.35. The molecule has 4 amide bonds. The fraction of sp³-hybridized carbons (Fsp3) is 0.391. The molecule has 2 aromatic rings. The summed E-state index contributed by atoms with van der Waals surface area (Å²) in [6.45, 7) is 1.15. The second kappa shape index (κ2) is 9.45. The third-order valence-corrected chi connectivity index (χ3v) is 6.13. The summed E-state index contributed by atoms with van der Waals surface area (Å²) in [5.41, 5.74) is 0.200. The lowest BCUT2D eigenvalue weighted by Gasteiger charge is -2.44. The number of likely N-dealkylation sites (tertiary alicyclic amines) is 1. The molecule has 10 nitrogen and oxygen atoms in total. The van der Waals surface area contributed by atoms with Crippen molar-refractivity contribution in [2.45, 2.75) is 25.4 Å². The number of nitrogens with one attached hydrogen (secondary N) is 3. The molecule has 0 saturated carbocycles. The number of nitrogens with zero attached hydrogens (tertiary/aromatic N) is 2. The van der Waals surface area contributed by atoms with Gasteiger partial charge in [0.25, 0.3) is 5.91 Å². The van der Waals surface area contributed by atoms with Crippen LogP contribution >= 0.6 is 0 Å². The van der Waals surface area contributed by atoms with Crippen LogP contribution in [0.4, 0.5) is 10.5 Å². The number of urea groups is 1. The van der Waals surface area contributed by atoms with Crippen LogP contribution in [-0.4, -0.2) is 65.6 Å². The topological polar surface area (TPSA) is 133 Å². The lowest BCUT2D eigenvalue weighted by molar-refractivity contribution is -0.140. The number of anilines is 1. The third kappa shape index (κ3) is 5.06. The normalized spacial score (nSPS) is 19.5. The molecule has 0 bridgehead atoms. The van der Waals surface area contributed by atoms with Crippen molar-refractivity contribution in [3.05, 3.63) is 48.3 Å². The molecule has 1 unspecified atom stereocenters. The average Bonchev–Trinajstić information content (AvgIpc) is 2.82. The van der Waals surface area contributed by atoms with Crippen molar-refractivity contribution in [3.8, 4) is 11.5 Å². The maximum absolute atomic E-state index is 12.8. The van der Waals surface area contributed by atoms with E-state index >= 15 is 0 Å². The number of aromatic nitrogens is 1. The van der Waals surface area contributed by atoms with Crippen molar-refractivity contribution in [1.29, 1.82) is 0 Å². The largest absolute Gasteiger partial charge is 0.457 e. The highest BCUT2D eigenvalue weighted by molar-refractivity contribution is 5.92. The van der Waals surface area contributed by atoms with Gasteiger partial charge in [0.05, 0.1) is 11.5 Å². The predicted molar refractivity (Wildman–Crippen MR) is 120 cm³/mol. The minimum Gasteiger partial charge on any atom is -0.457 e. The number of carbonyl (C=O) groups excluding carboxylic acids is 3. The monoisotopic (exact) mass is 453 g/mol. The van der Waals surface area contributed by atoms with Gasteiger partial charge in [-0.1, -0.05) is 6.07 Å². The van der Waals surface area contributed by atoms with E-state index in [1.54, 1.807) is 35.2 Å². The molecule has 33 heavy (non-hydrogen) atoms. The number of β-amino-alcohol motifs (C(OH)–C–C–N with tert-alkyl or cyclic N) is 1. The Hall–Kier alpha value is -3.66. The molecule has 10 heteroatoms. The van der Waals surface area contributed by atoms with Gasteiger partial charge in [-0.2, -0.15) is 0 Å². The molecule has 1 aromatic heterocycles. The first-order chi connectivity index (χ1) is 15.9. The first-order valence-electron chi connectivity index (χ1n) is 10.9. The van der Waals surface area contributed by atoms with Gasteiger partial charge in [-0.05, 0) is 37.5 Å². The number of aliphatic hydroxyl groups excluding tert-OH is 1. The zero-order valence-corrected chi connectivity index (χ0v) is 18.3. The molecule has 1 aromatic carbocycles. The summed E-state index contributed by atoms with van der Waals surface area (Å²) in [4.78, 5) is 42.6. The van der Waals surface area contributed by atoms with Crippen LogP contribution in [0.25, 0.3) is 0 Å². The predicted octanol–water partition coefficient (Wildman–Crippen LogP) is 1.73. The van der Waals surface area contributed by atoms with Crippen molar-refractivity contribution in [3.63, 3.8) is 0 Å². The van der Waals surface area contributed by atoms with Crippen molar-refractivity contribution in [1.82, 2.24) is 20.5 Å². The van der Waals surface area contributed by atoms with Gasteiger partial charge in [0.2, 0.25) is 5.91 Å². The first-order valence-corrected chi connectivity index (χ1v) is 10.9. The van der Waals surface area contributed by atoms with E-state index in [1.165, 1.54) is 19.3 Å². The van der Waals surface area contributed by atoms with Gasteiger partial charge in [-0.25, -0.2) is 4.79 Å². The minimum absolute atomic E-state index is 0.0339. The number of rotatable bonds is 4. The highest BCUT2D eigenvalue weighted by Gasteiger charge is 2.45. The SMILES string of the molecule is CNC(=O)c1cc(Oc2cccc(NC(=O)N3CCC4(CC3)CC(O)CNC4=O)c2)ccn1. The van der Waals surface area contributed by atoms with Crippen molar-refractivity contribution in [2.24, 2.45) is 5.41 Å². The van der Waals surface area contributed by atoms with E-state index in [-0.39, 0.29) is 30.1 Å². The molecule has 4 N–H and O–H groups in total. The summed E-state index contributed by atoms with van der Waals surface area (Å²) in [5.74, 6) is 0.590. The van der Waals surface area contributed by atoms with Gasteiger partial charge in [0, 0.05) is 50.7 Å². The number of amides is 4. The Bertz CT molecular complexity index is 1050. The van der Waals surface area contributed by atoms with Crippen LogP contribution in [0.2, 0.25) is 0 Å². The highest BCUT2D eigenvalue weighted by Crippen LogP contribution is 2.38. The van der Waals surface area contributed by atoms with Gasteiger partial charge in [-0.15, -0.1) is 0 Å². The second-order valence-electron chi connectivity index (χ2n) is 8.35. The summed E-state index contributed by atoms with van der Waals surface area (Å²) < 4.78 is 5.83. The van der Waals surface area contributed by atoms with Gasteiger partial charge in [0.15, 0.2) is 0 Å². The summed E-state index contributed by atoms with van der Waals surface area (Å²) in [5, 5.41) is 18.1. The van der Waals surface area contributed by atoms with Gasteiger partial charge < -0.3 is 30.7 Å². The molecule has 2 saturated heterocycles. The number of carbonyl (C=O) groups is 3. The van der Waals surface area contributed by atoms with Crippen LogP contribution in [0.3, 0.4) is 0 Å². The van der Waals surface area contributed by atoms with E-state index in [1.807, 2.05) is 0 Å². The number of piperidine rings is 2. The smallest absolute Gasteiger partial charge is 0.321 e. The number of ether oxygens (including phenoxy) is 1. The Morgan fingerprint density at radius 3 is 2.73 bits per heavy atom. The van der Waals surface area contributed by atoms with E-state index in [9.17, 15) is 19.5 Å². The zero-order chi connectivity index (χ0) is 23.4. The molecule has 3 heterocycles. The van der Waals surface area contributed by atoms with Crippen LogP contribution < -0.4 is 20.7 Å². The lowest BCUT2D eigenvalue weighted by Crippen LogP contribution is -2.56. The molecular formula is C23H27N5O5. The average molecular weight is 453 g/mol. The van der Waals surface area contributed by atoms with Crippen molar-refractivity contribution in [2.75, 3.05) is 32.0 Å². The number of aliphatic hydroxyl groups is 1. The third-order valence-electron chi connectivity index (χ3n) is 6.13. The fourth-order valence-corrected chi connectivity index (χ4v) is 4.29. The molecule has 4 rings (SSSR count). The highest BCUT2D eigenvalue weighted by atomic mass is 16.5. The maximum atomic E-state index is 12.8. The summed E-state index contributed by atoms with van der Waals surface area (Å²) in [6.07, 6.45) is 2.41. The van der Waals surface area contributed by atoms with Crippen LogP contribution in [0, 0.1) is 5.41 Å². The maximum Gasteiger partial charge on any atom is 0.321 e. The van der Waals surface area contributed by atoms with Gasteiger partial charge in [-0.3, -0.25) is 14.6 Å². The molecule has 174 valence electrons.